The lowest BCUT2D eigenvalue weighted by Gasteiger charge is -2.11. The lowest BCUT2D eigenvalue weighted by atomic mass is 10.00. The molecule has 3 aromatic rings. The zero-order valence-corrected chi connectivity index (χ0v) is 15.5. The van der Waals surface area contributed by atoms with E-state index in [1.807, 2.05) is 0 Å². The van der Waals surface area contributed by atoms with E-state index in [1.54, 1.807) is 0 Å². The van der Waals surface area contributed by atoms with Gasteiger partial charge >= 0.3 is 0 Å². The number of hydrogen-bond acceptors (Lipinski definition) is 1. The minimum Gasteiger partial charge on any atom is -0.248 e. The second kappa shape index (κ2) is 8.11. The van der Waals surface area contributed by atoms with Crippen molar-refractivity contribution < 1.29 is 0 Å². The summed E-state index contributed by atoms with van der Waals surface area (Å²) in [5.74, 6) is 0. The van der Waals surface area contributed by atoms with Gasteiger partial charge in [0.25, 0.3) is 0 Å². The van der Waals surface area contributed by atoms with Crippen LogP contribution < -0.4 is 0 Å². The lowest BCUT2D eigenvalue weighted by Crippen LogP contribution is -1.94. The van der Waals surface area contributed by atoms with Crippen LogP contribution in [0.15, 0.2) is 60.7 Å². The standard InChI is InChI=1S/C24H27N/c1-4-5-6-11-20-16-23(21-12-7-9-18(2)14-21)25-24(17-20)22-13-8-10-19(3)15-22/h7-10,12-17H,4-6,11H2,1-3H3. The van der Waals surface area contributed by atoms with Crippen molar-refractivity contribution in [1.82, 2.24) is 4.98 Å². The van der Waals surface area contributed by atoms with Gasteiger partial charge in [0, 0.05) is 11.1 Å². The Morgan fingerprint density at radius 1 is 0.720 bits per heavy atom. The fraction of sp³-hybridized carbons (Fsp3) is 0.292. The van der Waals surface area contributed by atoms with Crippen LogP contribution in [0.3, 0.4) is 0 Å². The summed E-state index contributed by atoms with van der Waals surface area (Å²) in [6, 6.07) is 21.8. The molecule has 0 aliphatic rings. The van der Waals surface area contributed by atoms with Gasteiger partial charge in [0.15, 0.2) is 0 Å². The Hall–Kier alpha value is -2.41. The van der Waals surface area contributed by atoms with Crippen molar-refractivity contribution in [2.75, 3.05) is 0 Å². The molecule has 1 nitrogen and oxygen atoms in total. The minimum absolute atomic E-state index is 1.08. The van der Waals surface area contributed by atoms with Gasteiger partial charge in [-0.1, -0.05) is 67.3 Å². The molecule has 0 amide bonds. The number of benzene rings is 2. The van der Waals surface area contributed by atoms with Gasteiger partial charge in [-0.2, -0.15) is 0 Å². The maximum atomic E-state index is 4.98. The number of hydrogen-bond donors (Lipinski definition) is 0. The summed E-state index contributed by atoms with van der Waals surface area (Å²) in [7, 11) is 0. The predicted octanol–water partition coefficient (Wildman–Crippen LogP) is 6.77. The first kappa shape index (κ1) is 17.4. The molecule has 0 atom stereocenters. The molecule has 2 aromatic carbocycles. The first-order chi connectivity index (χ1) is 12.2. The third-order valence-electron chi connectivity index (χ3n) is 4.58. The van der Waals surface area contributed by atoms with E-state index in [1.165, 1.54) is 47.1 Å². The molecule has 1 heterocycles. The van der Waals surface area contributed by atoms with E-state index >= 15 is 0 Å². The SMILES string of the molecule is CCCCCc1cc(-c2cccc(C)c2)nc(-c2cccc(C)c2)c1. The van der Waals surface area contributed by atoms with Crippen LogP contribution in [0.1, 0.15) is 42.9 Å². The van der Waals surface area contributed by atoms with Crippen molar-refractivity contribution in [2.45, 2.75) is 46.5 Å². The molecule has 0 saturated heterocycles. The molecule has 1 aromatic heterocycles. The topological polar surface area (TPSA) is 12.9 Å². The number of unbranched alkanes of at least 4 members (excludes halogenated alkanes) is 2. The summed E-state index contributed by atoms with van der Waals surface area (Å²) in [6.45, 7) is 6.52. The smallest absolute Gasteiger partial charge is 0.0712 e. The summed E-state index contributed by atoms with van der Waals surface area (Å²) >= 11 is 0. The van der Waals surface area contributed by atoms with Crippen LogP contribution in [-0.4, -0.2) is 4.98 Å². The molecule has 0 unspecified atom stereocenters. The quantitative estimate of drug-likeness (QED) is 0.455. The Morgan fingerprint density at radius 2 is 1.28 bits per heavy atom. The van der Waals surface area contributed by atoms with E-state index < -0.39 is 0 Å². The third kappa shape index (κ3) is 4.57. The molecule has 1 heteroatoms. The van der Waals surface area contributed by atoms with Crippen molar-refractivity contribution in [3.63, 3.8) is 0 Å². The van der Waals surface area contributed by atoms with Crippen LogP contribution in [0.5, 0.6) is 0 Å². The zero-order valence-electron chi connectivity index (χ0n) is 15.5. The average Bonchev–Trinajstić information content (AvgIpc) is 2.62. The molecule has 0 radical (unpaired) electrons. The van der Waals surface area contributed by atoms with E-state index in [-0.39, 0.29) is 0 Å². The number of rotatable bonds is 6. The molecule has 25 heavy (non-hydrogen) atoms. The number of nitrogens with zero attached hydrogens (tertiary/aromatic N) is 1. The molecule has 0 bridgehead atoms. The third-order valence-corrected chi connectivity index (χ3v) is 4.58. The molecule has 3 rings (SSSR count). The average molecular weight is 329 g/mol. The second-order valence-electron chi connectivity index (χ2n) is 6.94. The van der Waals surface area contributed by atoms with Crippen LogP contribution in [-0.2, 0) is 6.42 Å². The number of aryl methyl sites for hydroxylation is 3. The summed E-state index contributed by atoms with van der Waals surface area (Å²) in [5, 5.41) is 0. The normalized spacial score (nSPS) is 10.8. The lowest BCUT2D eigenvalue weighted by molar-refractivity contribution is 0.717. The maximum Gasteiger partial charge on any atom is 0.0712 e. The Morgan fingerprint density at radius 3 is 1.76 bits per heavy atom. The largest absolute Gasteiger partial charge is 0.248 e. The van der Waals surface area contributed by atoms with Crippen LogP contribution in [0, 0.1) is 13.8 Å². The fourth-order valence-electron chi connectivity index (χ4n) is 3.22. The highest BCUT2D eigenvalue weighted by Gasteiger charge is 2.08. The van der Waals surface area contributed by atoms with E-state index in [4.69, 9.17) is 4.98 Å². The molecule has 0 aliphatic heterocycles. The molecule has 0 aliphatic carbocycles. The van der Waals surface area contributed by atoms with Crippen molar-refractivity contribution in [3.05, 3.63) is 77.4 Å². The van der Waals surface area contributed by atoms with E-state index in [2.05, 4.69) is 81.4 Å². The molecule has 0 saturated carbocycles. The molecular formula is C24H27N. The second-order valence-corrected chi connectivity index (χ2v) is 6.94. The van der Waals surface area contributed by atoms with Gasteiger partial charge in [-0.25, -0.2) is 4.98 Å². The number of aromatic nitrogens is 1. The monoisotopic (exact) mass is 329 g/mol. The zero-order chi connectivity index (χ0) is 17.6. The van der Waals surface area contributed by atoms with Crippen LogP contribution in [0.4, 0.5) is 0 Å². The first-order valence-electron chi connectivity index (χ1n) is 9.31. The summed E-state index contributed by atoms with van der Waals surface area (Å²) < 4.78 is 0. The van der Waals surface area contributed by atoms with Crippen LogP contribution in [0.25, 0.3) is 22.5 Å². The summed E-state index contributed by atoms with van der Waals surface area (Å²) in [4.78, 5) is 4.98. The highest BCUT2D eigenvalue weighted by atomic mass is 14.7. The van der Waals surface area contributed by atoms with Crippen molar-refractivity contribution in [1.29, 1.82) is 0 Å². The fourth-order valence-corrected chi connectivity index (χ4v) is 3.22. The highest BCUT2D eigenvalue weighted by Crippen LogP contribution is 2.26. The molecule has 0 N–H and O–H groups in total. The molecule has 0 spiro atoms. The van der Waals surface area contributed by atoms with E-state index in [0.29, 0.717) is 0 Å². The Labute approximate surface area is 151 Å². The number of pyridine rings is 1. The van der Waals surface area contributed by atoms with Gasteiger partial charge in [0.2, 0.25) is 0 Å². The van der Waals surface area contributed by atoms with Crippen LogP contribution in [0.2, 0.25) is 0 Å². The van der Waals surface area contributed by atoms with Gasteiger partial charge in [-0.15, -0.1) is 0 Å². The summed E-state index contributed by atoms with van der Waals surface area (Å²) in [6.07, 6.45) is 4.89. The molecule has 128 valence electrons. The van der Waals surface area contributed by atoms with Gasteiger partial charge < -0.3 is 0 Å². The summed E-state index contributed by atoms with van der Waals surface area (Å²) in [5.41, 5.74) is 8.48. The van der Waals surface area contributed by atoms with Gasteiger partial charge in [0.1, 0.15) is 0 Å². The van der Waals surface area contributed by atoms with Crippen molar-refractivity contribution in [2.24, 2.45) is 0 Å². The van der Waals surface area contributed by atoms with E-state index in [0.717, 1.165) is 17.8 Å². The Kier molecular flexibility index (Phi) is 5.65. The van der Waals surface area contributed by atoms with Crippen molar-refractivity contribution >= 4 is 0 Å². The first-order valence-corrected chi connectivity index (χ1v) is 9.31. The van der Waals surface area contributed by atoms with Crippen molar-refractivity contribution in [3.8, 4) is 22.5 Å². The Bertz CT molecular complexity index is 784. The maximum absolute atomic E-state index is 4.98. The Balaban J connectivity index is 2.05. The van der Waals surface area contributed by atoms with Crippen LogP contribution >= 0.6 is 0 Å². The molecular weight excluding hydrogens is 302 g/mol. The van der Waals surface area contributed by atoms with Gasteiger partial charge in [0.05, 0.1) is 11.4 Å². The van der Waals surface area contributed by atoms with E-state index in [9.17, 15) is 0 Å². The highest BCUT2D eigenvalue weighted by molar-refractivity contribution is 5.68. The predicted molar refractivity (Wildman–Crippen MR) is 108 cm³/mol. The minimum atomic E-state index is 1.08. The van der Waals surface area contributed by atoms with Gasteiger partial charge in [-0.05, 0) is 56.5 Å². The molecule has 0 fully saturated rings. The van der Waals surface area contributed by atoms with Gasteiger partial charge in [-0.3, -0.25) is 0 Å².